The number of ether oxygens (including phenoxy) is 3. The fourth-order valence-electron chi connectivity index (χ4n) is 1.65. The summed E-state index contributed by atoms with van der Waals surface area (Å²) in [6, 6.07) is 7.13. The molecule has 3 rings (SSSR count). The average molecular weight is 280 g/mol. The topological polar surface area (TPSA) is 69.8 Å². The van der Waals surface area contributed by atoms with Crippen LogP contribution in [-0.2, 0) is 30.6 Å². The zero-order valence-corrected chi connectivity index (χ0v) is 10.9. The summed E-state index contributed by atoms with van der Waals surface area (Å²) >= 11 is 0. The first-order valence-corrected chi connectivity index (χ1v) is 6.55. The Labute approximate surface area is 116 Å². The molecule has 6 nitrogen and oxygen atoms in total. The maximum Gasteiger partial charge on any atom is 0.338 e. The van der Waals surface area contributed by atoms with E-state index in [1.807, 2.05) is 6.07 Å². The summed E-state index contributed by atoms with van der Waals surface area (Å²) in [7, 11) is 0. The van der Waals surface area contributed by atoms with Crippen molar-refractivity contribution in [2.75, 3.05) is 26.4 Å². The van der Waals surface area contributed by atoms with Crippen LogP contribution >= 0.6 is 0 Å². The smallest absolute Gasteiger partial charge is 0.338 e. The Kier molecular flexibility index (Phi) is 4.27. The van der Waals surface area contributed by atoms with Gasteiger partial charge in [-0.1, -0.05) is 18.2 Å². The molecule has 0 N–H and O–H groups in total. The monoisotopic (exact) mass is 280 g/mol. The molecule has 2 unspecified atom stereocenters. The zero-order valence-electron chi connectivity index (χ0n) is 10.9. The van der Waals surface area contributed by atoms with Gasteiger partial charge in [-0.3, -0.25) is 0 Å². The third-order valence-corrected chi connectivity index (χ3v) is 2.99. The van der Waals surface area contributed by atoms with Crippen LogP contribution in [0.5, 0.6) is 0 Å². The van der Waals surface area contributed by atoms with Crippen molar-refractivity contribution in [3.63, 3.8) is 0 Å². The van der Waals surface area contributed by atoms with E-state index in [4.69, 9.17) is 24.0 Å². The van der Waals surface area contributed by atoms with Crippen LogP contribution in [0.1, 0.15) is 15.9 Å². The fourth-order valence-corrected chi connectivity index (χ4v) is 1.65. The Morgan fingerprint density at radius 3 is 2.55 bits per heavy atom. The van der Waals surface area contributed by atoms with Crippen molar-refractivity contribution in [2.45, 2.75) is 18.8 Å². The van der Waals surface area contributed by atoms with Crippen molar-refractivity contribution >= 4 is 5.97 Å². The minimum absolute atomic E-state index is 0.0595. The molecule has 2 fully saturated rings. The molecule has 2 saturated heterocycles. The molecule has 0 saturated carbocycles. The predicted molar refractivity (Wildman–Crippen MR) is 66.9 cm³/mol. The number of rotatable bonds is 8. The Morgan fingerprint density at radius 1 is 1.10 bits per heavy atom. The molecule has 0 spiro atoms. The molecule has 0 radical (unpaired) electrons. The third kappa shape index (κ3) is 4.01. The molecule has 1 aromatic rings. The number of esters is 1. The van der Waals surface area contributed by atoms with Crippen LogP contribution in [0.4, 0.5) is 0 Å². The predicted octanol–water partition coefficient (Wildman–Crippen LogP) is 1.09. The molecule has 1 aromatic carbocycles. The van der Waals surface area contributed by atoms with Crippen LogP contribution in [0.25, 0.3) is 0 Å². The Bertz CT molecular complexity index is 466. The number of hydrogen-bond donors (Lipinski definition) is 0. The third-order valence-electron chi connectivity index (χ3n) is 2.99. The van der Waals surface area contributed by atoms with Gasteiger partial charge in [0.2, 0.25) is 0 Å². The van der Waals surface area contributed by atoms with Gasteiger partial charge in [-0.05, 0) is 11.6 Å². The van der Waals surface area contributed by atoms with E-state index in [-0.39, 0.29) is 24.8 Å². The molecule has 108 valence electrons. The quantitative estimate of drug-likeness (QED) is 0.233. The van der Waals surface area contributed by atoms with Gasteiger partial charge in [0.15, 0.2) is 0 Å². The minimum atomic E-state index is -0.370. The molecule has 2 atom stereocenters. The molecule has 0 aromatic heterocycles. The lowest BCUT2D eigenvalue weighted by atomic mass is 10.1. The van der Waals surface area contributed by atoms with Crippen molar-refractivity contribution in [3.8, 4) is 0 Å². The highest BCUT2D eigenvalue weighted by atomic mass is 17.2. The number of carbonyl (C=O) groups is 1. The maximum absolute atomic E-state index is 12.0. The van der Waals surface area contributed by atoms with Crippen LogP contribution in [0.2, 0.25) is 0 Å². The van der Waals surface area contributed by atoms with Gasteiger partial charge in [0, 0.05) is 0 Å². The summed E-state index contributed by atoms with van der Waals surface area (Å²) in [5.41, 5.74) is 1.21. The fraction of sp³-hybridized carbons (Fsp3) is 0.500. The molecule has 0 amide bonds. The normalized spacial score (nSPS) is 23.4. The zero-order chi connectivity index (χ0) is 13.8. The van der Waals surface area contributed by atoms with Crippen LogP contribution in [0, 0.1) is 0 Å². The van der Waals surface area contributed by atoms with Crippen LogP contribution < -0.4 is 0 Å². The van der Waals surface area contributed by atoms with E-state index in [0.29, 0.717) is 25.4 Å². The molecule has 2 heterocycles. The molecule has 2 aliphatic rings. The Balaban J connectivity index is 1.50. The Hall–Kier alpha value is -1.47. The van der Waals surface area contributed by atoms with E-state index in [1.165, 1.54) is 0 Å². The van der Waals surface area contributed by atoms with Gasteiger partial charge < -0.3 is 14.2 Å². The van der Waals surface area contributed by atoms with E-state index < -0.39 is 0 Å². The number of benzene rings is 1. The van der Waals surface area contributed by atoms with Crippen LogP contribution in [0.15, 0.2) is 24.3 Å². The lowest BCUT2D eigenvalue weighted by Crippen LogP contribution is -2.13. The second kappa shape index (κ2) is 6.32. The van der Waals surface area contributed by atoms with Gasteiger partial charge >= 0.3 is 5.97 Å². The van der Waals surface area contributed by atoms with Gasteiger partial charge in [-0.2, -0.15) is 0 Å². The molecule has 20 heavy (non-hydrogen) atoms. The second-order valence-electron chi connectivity index (χ2n) is 4.71. The largest absolute Gasteiger partial charge is 0.459 e. The van der Waals surface area contributed by atoms with Gasteiger partial charge in [0.1, 0.15) is 32.0 Å². The van der Waals surface area contributed by atoms with Crippen LogP contribution in [-0.4, -0.2) is 44.6 Å². The molecular weight excluding hydrogens is 264 g/mol. The molecular formula is C14H16O6. The molecule has 6 heteroatoms. The van der Waals surface area contributed by atoms with E-state index in [9.17, 15) is 4.79 Å². The summed E-state index contributed by atoms with van der Waals surface area (Å²) in [5, 5.41) is 0. The van der Waals surface area contributed by atoms with Crippen molar-refractivity contribution in [1.82, 2.24) is 0 Å². The number of carbonyl (C=O) groups excluding carboxylic acids is 1. The SMILES string of the molecule is O=C(OCC1CO1)c1ccccc1COOCC1CO1. The summed E-state index contributed by atoms with van der Waals surface area (Å²) < 4.78 is 15.2. The Morgan fingerprint density at radius 2 is 1.80 bits per heavy atom. The van der Waals surface area contributed by atoms with E-state index >= 15 is 0 Å². The second-order valence-corrected chi connectivity index (χ2v) is 4.71. The summed E-state index contributed by atoms with van der Waals surface area (Å²) in [4.78, 5) is 22.0. The van der Waals surface area contributed by atoms with Crippen LogP contribution in [0.3, 0.4) is 0 Å². The van der Waals surface area contributed by atoms with Gasteiger partial charge in [-0.15, -0.1) is 0 Å². The van der Waals surface area contributed by atoms with Crippen molar-refractivity contribution < 1.29 is 28.8 Å². The average Bonchev–Trinajstić information content (AvgIpc) is 3.36. The van der Waals surface area contributed by atoms with E-state index in [1.54, 1.807) is 18.2 Å². The first kappa shape index (κ1) is 13.5. The molecule has 0 aliphatic carbocycles. The van der Waals surface area contributed by atoms with Gasteiger partial charge in [0.05, 0.1) is 18.8 Å². The lowest BCUT2D eigenvalue weighted by molar-refractivity contribution is -0.305. The lowest BCUT2D eigenvalue weighted by Gasteiger charge is -2.09. The highest BCUT2D eigenvalue weighted by Gasteiger charge is 2.25. The van der Waals surface area contributed by atoms with Crippen molar-refractivity contribution in [3.05, 3.63) is 35.4 Å². The first-order valence-electron chi connectivity index (χ1n) is 6.55. The number of hydrogen-bond acceptors (Lipinski definition) is 6. The standard InChI is InChI=1S/C14H16O6/c15-14(18-8-11-6-16-11)13-4-2-1-3-10(13)5-19-20-9-12-7-17-12/h1-4,11-12H,5-9H2. The maximum atomic E-state index is 12.0. The van der Waals surface area contributed by atoms with Crippen molar-refractivity contribution in [1.29, 1.82) is 0 Å². The molecule has 2 aliphatic heterocycles. The summed E-state index contributed by atoms with van der Waals surface area (Å²) in [5.74, 6) is -0.370. The number of epoxide rings is 2. The van der Waals surface area contributed by atoms with Crippen molar-refractivity contribution in [2.24, 2.45) is 0 Å². The summed E-state index contributed by atoms with van der Waals surface area (Å²) in [6.07, 6.45) is 0.206. The van der Waals surface area contributed by atoms with Gasteiger partial charge in [0.25, 0.3) is 0 Å². The first-order chi connectivity index (χ1) is 9.83. The van der Waals surface area contributed by atoms with E-state index in [0.717, 1.165) is 12.2 Å². The highest BCUT2D eigenvalue weighted by molar-refractivity contribution is 5.91. The highest BCUT2D eigenvalue weighted by Crippen LogP contribution is 2.15. The minimum Gasteiger partial charge on any atom is -0.459 e. The van der Waals surface area contributed by atoms with E-state index in [2.05, 4.69) is 0 Å². The summed E-state index contributed by atoms with van der Waals surface area (Å²) in [6.45, 7) is 2.28. The molecule has 0 bridgehead atoms. The van der Waals surface area contributed by atoms with Gasteiger partial charge in [-0.25, -0.2) is 14.6 Å².